The van der Waals surface area contributed by atoms with E-state index in [0.29, 0.717) is 0 Å². The van der Waals surface area contributed by atoms with E-state index in [1.807, 2.05) is 41.5 Å². The molecule has 0 amide bonds. The van der Waals surface area contributed by atoms with E-state index in [9.17, 15) is 0 Å². The molecule has 0 saturated heterocycles. The smallest absolute Gasteiger partial charge is 0.249 e. The number of nitrogens with one attached hydrogen (secondary N) is 1. The summed E-state index contributed by atoms with van der Waals surface area (Å²) in [5.74, 6) is 0. The highest BCUT2D eigenvalue weighted by Gasteiger charge is 2.32. The molecule has 7 heteroatoms. The first kappa shape index (κ1) is 16.8. The Morgan fingerprint density at radius 2 is 1.56 bits per heavy atom. The van der Waals surface area contributed by atoms with Crippen molar-refractivity contribution in [2.45, 2.75) is 58.6 Å². The quantitative estimate of drug-likeness (QED) is 0.424. The summed E-state index contributed by atoms with van der Waals surface area (Å²) in [5, 5.41) is 9.02. The van der Waals surface area contributed by atoms with Crippen molar-refractivity contribution in [1.82, 2.24) is 5.48 Å². The Morgan fingerprint density at radius 1 is 1.19 bits per heavy atom. The summed E-state index contributed by atoms with van der Waals surface area (Å²) in [6, 6.07) is 0. The molecule has 0 rings (SSSR count). The van der Waals surface area contributed by atoms with Crippen molar-refractivity contribution in [3.8, 4) is 0 Å². The van der Waals surface area contributed by atoms with Crippen molar-refractivity contribution < 1.29 is 14.3 Å². The lowest BCUT2D eigenvalue weighted by atomic mass is 10.4. The second-order valence-corrected chi connectivity index (χ2v) is 11.1. The molecule has 2 N–H and O–H groups in total. The van der Waals surface area contributed by atoms with Gasteiger partial charge in [-0.3, -0.25) is 0 Å². The maximum absolute atomic E-state index is 9.02. The summed E-state index contributed by atoms with van der Waals surface area (Å²) in [6.07, 6.45) is 0.0122. The first-order valence-corrected chi connectivity index (χ1v) is 9.25. The van der Waals surface area contributed by atoms with E-state index in [4.69, 9.17) is 26.1 Å². The maximum atomic E-state index is 9.02. The molecule has 0 aromatic carbocycles. The van der Waals surface area contributed by atoms with Gasteiger partial charge in [0.1, 0.15) is 0 Å². The Balaban J connectivity index is 4.73. The Labute approximate surface area is 107 Å². The average Bonchev–Trinajstić information content (AvgIpc) is 1.98. The Bertz CT molecular complexity index is 245. The third-order valence-corrected chi connectivity index (χ3v) is 7.16. The molecule has 0 radical (unpaired) electrons. The monoisotopic (exact) mass is 287 g/mol. The van der Waals surface area contributed by atoms with Gasteiger partial charge in [0, 0.05) is 0 Å². The summed E-state index contributed by atoms with van der Waals surface area (Å²) >= 11 is 6.77. The number of rotatable bonds is 7. The summed E-state index contributed by atoms with van der Waals surface area (Å²) in [5.41, 5.74) is -0.235. The van der Waals surface area contributed by atoms with Crippen molar-refractivity contribution in [3.63, 3.8) is 0 Å². The van der Waals surface area contributed by atoms with Crippen molar-refractivity contribution in [2.75, 3.05) is 0 Å². The van der Waals surface area contributed by atoms with Gasteiger partial charge in [-0.1, -0.05) is 0 Å². The molecule has 0 aliphatic heterocycles. The van der Waals surface area contributed by atoms with Crippen LogP contribution in [0.1, 0.15) is 41.5 Å². The van der Waals surface area contributed by atoms with Crippen molar-refractivity contribution >= 4 is 28.9 Å². The zero-order valence-corrected chi connectivity index (χ0v) is 13.2. The number of hydroxylamine groups is 1. The molecule has 0 fully saturated rings. The van der Waals surface area contributed by atoms with Gasteiger partial charge in [0.15, 0.2) is 0 Å². The molecule has 0 unspecified atom stereocenters. The predicted molar refractivity (Wildman–Crippen MR) is 73.3 cm³/mol. The fourth-order valence-electron chi connectivity index (χ4n) is 0.884. The molecule has 0 aromatic heterocycles. The van der Waals surface area contributed by atoms with Crippen LogP contribution in [0, 0.1) is 0 Å². The fraction of sp³-hybridized carbons (Fsp3) is 1.00. The van der Waals surface area contributed by atoms with Gasteiger partial charge in [-0.25, -0.2) is 0 Å². The summed E-state index contributed by atoms with van der Waals surface area (Å²) < 4.78 is 11.4. The molecule has 0 aromatic rings. The summed E-state index contributed by atoms with van der Waals surface area (Å²) in [6.45, 7) is 11.3. The molecule has 0 atom stereocenters. The zero-order valence-electron chi connectivity index (χ0n) is 10.7. The average molecular weight is 287 g/mol. The first-order chi connectivity index (χ1) is 7.10. The Kier molecular flexibility index (Phi) is 7.04. The van der Waals surface area contributed by atoms with Gasteiger partial charge < -0.3 is 14.3 Å². The first-order valence-electron chi connectivity index (χ1n) is 5.19. The molecule has 0 aliphatic rings. The van der Waals surface area contributed by atoms with E-state index < -0.39 is 10.6 Å². The van der Waals surface area contributed by atoms with Crippen LogP contribution in [0.5, 0.6) is 0 Å². The lowest BCUT2D eigenvalue weighted by Gasteiger charge is -2.32. The topological polar surface area (TPSA) is 50.7 Å². The Morgan fingerprint density at radius 3 is 1.81 bits per heavy atom. The molecule has 4 nitrogen and oxygen atoms in total. The van der Waals surface area contributed by atoms with Gasteiger partial charge in [0.25, 0.3) is 0 Å². The van der Waals surface area contributed by atoms with Crippen LogP contribution >= 0.6 is 17.1 Å². The summed E-state index contributed by atoms with van der Waals surface area (Å²) in [7, 11) is 0. The molecule has 16 heavy (non-hydrogen) atoms. The Hall–Kier alpha value is 0.840. The largest absolute Gasteiger partial charge is 0.319 e. The molecule has 0 bridgehead atoms. The fourth-order valence-corrected chi connectivity index (χ4v) is 8.45. The van der Waals surface area contributed by atoms with Crippen molar-refractivity contribution in [3.05, 3.63) is 0 Å². The van der Waals surface area contributed by atoms with Gasteiger partial charge in [-0.15, -0.1) is 0 Å². The minimum atomic E-state index is -2.44. The van der Waals surface area contributed by atoms with Crippen molar-refractivity contribution in [2.24, 2.45) is 0 Å². The van der Waals surface area contributed by atoms with Gasteiger partial charge in [-0.2, -0.15) is 5.48 Å². The maximum Gasteiger partial charge on any atom is 0.249 e. The highest BCUT2D eigenvalue weighted by molar-refractivity contribution is 8.68. The van der Waals surface area contributed by atoms with Crippen LogP contribution < -0.4 is 5.48 Å². The van der Waals surface area contributed by atoms with E-state index in [2.05, 4.69) is 5.48 Å². The van der Waals surface area contributed by atoms with Gasteiger partial charge in [0.05, 0.1) is 17.1 Å². The number of hydrogen-bond acceptors (Lipinski definition) is 6. The molecule has 0 saturated carbocycles. The second-order valence-electron chi connectivity index (χ2n) is 4.47. The van der Waals surface area contributed by atoms with E-state index in [-0.39, 0.29) is 12.2 Å². The molecular formula is C9H22NO3PS2. The highest BCUT2D eigenvalue weighted by atomic mass is 32.9. The van der Waals surface area contributed by atoms with Crippen LogP contribution in [0.3, 0.4) is 0 Å². The standard InChI is InChI=1S/C9H22NO3PS2/c1-7(2)12-14(15,13-8(3)4)16-9(5,6)10-11/h7-8,10-11H,1-6H3. The predicted octanol–water partition coefficient (Wildman–Crippen LogP) is 3.51. The van der Waals surface area contributed by atoms with E-state index >= 15 is 0 Å². The molecule has 0 spiro atoms. The van der Waals surface area contributed by atoms with Gasteiger partial charge in [-0.05, 0) is 64.7 Å². The summed E-state index contributed by atoms with van der Waals surface area (Å²) in [4.78, 5) is -0.584. The van der Waals surface area contributed by atoms with Gasteiger partial charge >= 0.3 is 0 Å². The minimum absolute atomic E-state index is 0.00609. The van der Waals surface area contributed by atoms with Crippen LogP contribution in [-0.2, 0) is 20.9 Å². The zero-order chi connectivity index (χ0) is 13.0. The van der Waals surface area contributed by atoms with Crippen molar-refractivity contribution in [1.29, 1.82) is 0 Å². The van der Waals surface area contributed by atoms with E-state index in [0.717, 1.165) is 0 Å². The SMILES string of the molecule is CC(C)OP(=S)(OC(C)C)SC(C)(C)NO. The highest BCUT2D eigenvalue weighted by Crippen LogP contribution is 2.66. The van der Waals surface area contributed by atoms with Crippen LogP contribution in [0.15, 0.2) is 0 Å². The lowest BCUT2D eigenvalue weighted by Crippen LogP contribution is -2.32. The second kappa shape index (κ2) is 6.69. The van der Waals surface area contributed by atoms with Crippen LogP contribution in [0.2, 0.25) is 0 Å². The third-order valence-electron chi connectivity index (χ3n) is 1.29. The molecule has 98 valence electrons. The lowest BCUT2D eigenvalue weighted by molar-refractivity contribution is 0.125. The number of hydrogen-bond donors (Lipinski definition) is 2. The molecule has 0 heterocycles. The van der Waals surface area contributed by atoms with E-state index in [1.165, 1.54) is 11.4 Å². The third kappa shape index (κ3) is 7.22. The van der Waals surface area contributed by atoms with E-state index in [1.54, 1.807) is 0 Å². The van der Waals surface area contributed by atoms with Crippen LogP contribution in [-0.4, -0.2) is 22.3 Å². The van der Waals surface area contributed by atoms with Crippen LogP contribution in [0.25, 0.3) is 0 Å². The van der Waals surface area contributed by atoms with Gasteiger partial charge in [0.2, 0.25) is 5.69 Å². The normalized spacial score (nSPS) is 13.8. The molecular weight excluding hydrogens is 265 g/mol. The minimum Gasteiger partial charge on any atom is -0.319 e. The van der Waals surface area contributed by atoms with Crippen LogP contribution in [0.4, 0.5) is 0 Å². The molecule has 0 aliphatic carbocycles.